The first-order valence-electron chi connectivity index (χ1n) is 4.84. The van der Waals surface area contributed by atoms with Crippen molar-refractivity contribution in [2.24, 2.45) is 5.73 Å². The number of carbonyl (C=O) groups is 1. The molecule has 0 fully saturated rings. The monoisotopic (exact) mass is 225 g/mol. The van der Waals surface area contributed by atoms with Crippen LogP contribution in [0.5, 0.6) is 0 Å². The summed E-state index contributed by atoms with van der Waals surface area (Å²) in [5.41, 5.74) is 5.09. The molecule has 88 valence electrons. The van der Waals surface area contributed by atoms with Crippen molar-refractivity contribution in [1.82, 2.24) is 15.0 Å². The average Bonchev–Trinajstić information content (AvgIpc) is 2.29. The smallest absolute Gasteiger partial charge is 0.319 e. The van der Waals surface area contributed by atoms with Crippen LogP contribution in [0.3, 0.4) is 0 Å². The number of hydrogen-bond acceptors (Lipinski definition) is 7. The minimum Gasteiger partial charge on any atom is -0.464 e. The van der Waals surface area contributed by atoms with E-state index >= 15 is 0 Å². The first-order valence-corrected chi connectivity index (χ1v) is 4.84. The standard InChI is InChI=1S/C9H15N5O2/c1-14(2)9-12-6-11-7(13-9)3-4-16-8(15)5-10/h6H,3-5,10H2,1-2H3. The highest BCUT2D eigenvalue weighted by Gasteiger charge is 2.04. The van der Waals surface area contributed by atoms with E-state index in [4.69, 9.17) is 10.5 Å². The fraction of sp³-hybridized carbons (Fsp3) is 0.556. The van der Waals surface area contributed by atoms with Crippen LogP contribution in [0.1, 0.15) is 5.82 Å². The second-order valence-electron chi connectivity index (χ2n) is 3.27. The van der Waals surface area contributed by atoms with Crippen molar-refractivity contribution in [2.75, 3.05) is 32.1 Å². The zero-order chi connectivity index (χ0) is 12.0. The lowest BCUT2D eigenvalue weighted by molar-refractivity contribution is -0.141. The normalized spacial score (nSPS) is 9.94. The molecule has 0 unspecified atom stereocenters. The Morgan fingerprint density at radius 1 is 1.50 bits per heavy atom. The lowest BCUT2D eigenvalue weighted by atomic mass is 10.4. The maximum Gasteiger partial charge on any atom is 0.319 e. The van der Waals surface area contributed by atoms with Gasteiger partial charge in [0.25, 0.3) is 0 Å². The minimum absolute atomic E-state index is 0.111. The van der Waals surface area contributed by atoms with E-state index in [1.165, 1.54) is 6.33 Å². The van der Waals surface area contributed by atoms with Gasteiger partial charge in [0, 0.05) is 20.5 Å². The molecule has 0 atom stereocenters. The third-order valence-corrected chi connectivity index (χ3v) is 1.76. The van der Waals surface area contributed by atoms with Gasteiger partial charge in [0.05, 0.1) is 13.2 Å². The van der Waals surface area contributed by atoms with E-state index in [1.807, 2.05) is 14.1 Å². The van der Waals surface area contributed by atoms with Gasteiger partial charge in [-0.15, -0.1) is 0 Å². The Hall–Kier alpha value is -1.76. The van der Waals surface area contributed by atoms with Crippen LogP contribution in [0.25, 0.3) is 0 Å². The number of hydrogen-bond donors (Lipinski definition) is 1. The molecule has 0 aliphatic rings. The van der Waals surface area contributed by atoms with Crippen LogP contribution in [0.2, 0.25) is 0 Å². The predicted molar refractivity (Wildman–Crippen MR) is 57.9 cm³/mol. The third-order valence-electron chi connectivity index (χ3n) is 1.76. The van der Waals surface area contributed by atoms with Crippen LogP contribution >= 0.6 is 0 Å². The van der Waals surface area contributed by atoms with Crippen LogP contribution in [-0.2, 0) is 16.0 Å². The van der Waals surface area contributed by atoms with E-state index in [-0.39, 0.29) is 13.2 Å². The number of ether oxygens (including phenoxy) is 1. The highest BCUT2D eigenvalue weighted by Crippen LogP contribution is 2.01. The molecule has 0 aliphatic heterocycles. The van der Waals surface area contributed by atoms with E-state index in [0.29, 0.717) is 18.2 Å². The number of nitrogens with zero attached hydrogens (tertiary/aromatic N) is 4. The van der Waals surface area contributed by atoms with Crippen LogP contribution in [-0.4, -0.2) is 48.2 Å². The summed E-state index contributed by atoms with van der Waals surface area (Å²) < 4.78 is 4.82. The molecule has 0 bridgehead atoms. The Balaban J connectivity index is 2.48. The second-order valence-corrected chi connectivity index (χ2v) is 3.27. The van der Waals surface area contributed by atoms with Crippen molar-refractivity contribution in [1.29, 1.82) is 0 Å². The second kappa shape index (κ2) is 5.96. The molecule has 1 aromatic heterocycles. The van der Waals surface area contributed by atoms with E-state index in [0.717, 1.165) is 0 Å². The molecule has 1 rings (SSSR count). The van der Waals surface area contributed by atoms with Gasteiger partial charge in [-0.2, -0.15) is 4.98 Å². The van der Waals surface area contributed by atoms with Crippen molar-refractivity contribution < 1.29 is 9.53 Å². The topological polar surface area (TPSA) is 94.2 Å². The Morgan fingerprint density at radius 3 is 2.88 bits per heavy atom. The summed E-state index contributed by atoms with van der Waals surface area (Å²) in [4.78, 5) is 24.7. The van der Waals surface area contributed by atoms with Crippen LogP contribution in [0.4, 0.5) is 5.95 Å². The largest absolute Gasteiger partial charge is 0.464 e. The molecule has 0 saturated heterocycles. The van der Waals surface area contributed by atoms with Crippen molar-refractivity contribution in [3.63, 3.8) is 0 Å². The zero-order valence-electron chi connectivity index (χ0n) is 9.38. The SMILES string of the molecule is CN(C)c1ncnc(CCOC(=O)CN)n1. The highest BCUT2D eigenvalue weighted by atomic mass is 16.5. The summed E-state index contributed by atoms with van der Waals surface area (Å²) in [6, 6.07) is 0. The van der Waals surface area contributed by atoms with Crippen molar-refractivity contribution in [2.45, 2.75) is 6.42 Å². The molecule has 0 spiro atoms. The number of nitrogens with two attached hydrogens (primary N) is 1. The molecule has 0 aromatic carbocycles. The Bertz CT molecular complexity index is 356. The molecular formula is C9H15N5O2. The van der Waals surface area contributed by atoms with Gasteiger partial charge in [-0.25, -0.2) is 9.97 Å². The third kappa shape index (κ3) is 3.77. The first kappa shape index (κ1) is 12.3. The van der Waals surface area contributed by atoms with Gasteiger partial charge in [-0.3, -0.25) is 4.79 Å². The molecule has 0 amide bonds. The van der Waals surface area contributed by atoms with Gasteiger partial charge in [0.2, 0.25) is 5.95 Å². The molecule has 0 saturated carbocycles. The van der Waals surface area contributed by atoms with Crippen molar-refractivity contribution in [3.05, 3.63) is 12.2 Å². The zero-order valence-corrected chi connectivity index (χ0v) is 9.38. The summed E-state index contributed by atoms with van der Waals surface area (Å²) in [6.07, 6.45) is 1.89. The summed E-state index contributed by atoms with van der Waals surface area (Å²) >= 11 is 0. The van der Waals surface area contributed by atoms with E-state index < -0.39 is 5.97 Å². The highest BCUT2D eigenvalue weighted by molar-refractivity contribution is 5.71. The molecule has 1 aromatic rings. The van der Waals surface area contributed by atoms with Crippen molar-refractivity contribution in [3.8, 4) is 0 Å². The van der Waals surface area contributed by atoms with E-state index in [1.54, 1.807) is 4.90 Å². The minimum atomic E-state index is -0.429. The average molecular weight is 225 g/mol. The summed E-state index contributed by atoms with van der Waals surface area (Å²) in [7, 11) is 3.68. The van der Waals surface area contributed by atoms with E-state index in [2.05, 4.69) is 15.0 Å². The Labute approximate surface area is 93.7 Å². The Morgan fingerprint density at radius 2 is 2.25 bits per heavy atom. The molecule has 0 radical (unpaired) electrons. The van der Waals surface area contributed by atoms with Gasteiger partial charge in [0.15, 0.2) is 0 Å². The van der Waals surface area contributed by atoms with Crippen LogP contribution in [0.15, 0.2) is 6.33 Å². The lowest BCUT2D eigenvalue weighted by Crippen LogP contribution is -2.19. The quantitative estimate of drug-likeness (QED) is 0.641. The number of carbonyl (C=O) groups excluding carboxylic acids is 1. The fourth-order valence-corrected chi connectivity index (χ4v) is 0.971. The van der Waals surface area contributed by atoms with E-state index in [9.17, 15) is 4.79 Å². The number of rotatable bonds is 5. The molecule has 7 heteroatoms. The number of esters is 1. The van der Waals surface area contributed by atoms with Gasteiger partial charge in [-0.1, -0.05) is 0 Å². The predicted octanol–water partition coefficient (Wildman–Crippen LogP) is -1.02. The lowest BCUT2D eigenvalue weighted by Gasteiger charge is -2.09. The van der Waals surface area contributed by atoms with Crippen LogP contribution < -0.4 is 10.6 Å². The van der Waals surface area contributed by atoms with Gasteiger partial charge in [-0.05, 0) is 0 Å². The van der Waals surface area contributed by atoms with Gasteiger partial charge >= 0.3 is 5.97 Å². The van der Waals surface area contributed by atoms with Gasteiger partial charge < -0.3 is 15.4 Å². The first-order chi connectivity index (χ1) is 7.63. The molecule has 16 heavy (non-hydrogen) atoms. The number of anilines is 1. The number of aromatic nitrogens is 3. The summed E-state index contributed by atoms with van der Waals surface area (Å²) in [5, 5.41) is 0. The fourth-order valence-electron chi connectivity index (χ4n) is 0.971. The molecule has 1 heterocycles. The molecular weight excluding hydrogens is 210 g/mol. The Kier molecular flexibility index (Phi) is 4.59. The van der Waals surface area contributed by atoms with Crippen molar-refractivity contribution >= 4 is 11.9 Å². The molecule has 0 aliphatic carbocycles. The van der Waals surface area contributed by atoms with Gasteiger partial charge in [0.1, 0.15) is 12.2 Å². The molecule has 2 N–H and O–H groups in total. The molecule has 7 nitrogen and oxygen atoms in total. The summed E-state index contributed by atoms with van der Waals surface area (Å²) in [6.45, 7) is 0.118. The maximum absolute atomic E-state index is 10.8. The van der Waals surface area contributed by atoms with Crippen LogP contribution in [0, 0.1) is 0 Å². The maximum atomic E-state index is 10.8. The summed E-state index contributed by atoms with van der Waals surface area (Å²) in [5.74, 6) is 0.737.